The van der Waals surface area contributed by atoms with E-state index in [1.807, 2.05) is 19.1 Å². The SMILES string of the molecule is CC1C=CC=CC1(N)Oc1ccc(O)c2c1C(=O)c1ccccc1C2=O. The molecule has 2 aromatic carbocycles. The molecule has 2 atom stereocenters. The highest BCUT2D eigenvalue weighted by Gasteiger charge is 2.38. The molecule has 0 bridgehead atoms. The van der Waals surface area contributed by atoms with Gasteiger partial charge >= 0.3 is 0 Å². The Kier molecular flexibility index (Phi) is 3.56. The molecule has 2 unspecified atom stereocenters. The second-order valence-electron chi connectivity index (χ2n) is 6.52. The minimum Gasteiger partial charge on any atom is -0.507 e. The van der Waals surface area contributed by atoms with Crippen LogP contribution in [-0.4, -0.2) is 22.4 Å². The molecular weight excluding hydrogens is 330 g/mol. The van der Waals surface area contributed by atoms with Crippen molar-refractivity contribution in [2.75, 3.05) is 0 Å². The Morgan fingerprint density at radius 2 is 1.65 bits per heavy atom. The van der Waals surface area contributed by atoms with Gasteiger partial charge in [-0.15, -0.1) is 0 Å². The van der Waals surface area contributed by atoms with Crippen molar-refractivity contribution in [3.8, 4) is 11.5 Å². The van der Waals surface area contributed by atoms with Gasteiger partial charge in [-0.25, -0.2) is 0 Å². The van der Waals surface area contributed by atoms with Gasteiger partial charge in [-0.3, -0.25) is 15.3 Å². The van der Waals surface area contributed by atoms with E-state index in [1.165, 1.54) is 12.1 Å². The zero-order chi connectivity index (χ0) is 18.5. The number of ketones is 2. The molecule has 0 heterocycles. The number of carbonyl (C=O) groups is 2. The third-order valence-electron chi connectivity index (χ3n) is 4.88. The Labute approximate surface area is 150 Å². The lowest BCUT2D eigenvalue weighted by atomic mass is 9.83. The number of hydrogen-bond acceptors (Lipinski definition) is 5. The number of benzene rings is 2. The molecule has 2 aromatic rings. The molecule has 2 aliphatic carbocycles. The number of fused-ring (bicyclic) bond motifs is 2. The van der Waals surface area contributed by atoms with Crippen molar-refractivity contribution in [1.82, 2.24) is 0 Å². The molecule has 0 spiro atoms. The largest absolute Gasteiger partial charge is 0.507 e. The van der Waals surface area contributed by atoms with Crippen LogP contribution in [0.2, 0.25) is 0 Å². The first-order valence-electron chi connectivity index (χ1n) is 8.30. The van der Waals surface area contributed by atoms with Gasteiger partial charge in [0, 0.05) is 17.0 Å². The zero-order valence-electron chi connectivity index (χ0n) is 14.1. The fourth-order valence-electron chi connectivity index (χ4n) is 3.32. The van der Waals surface area contributed by atoms with Crippen molar-refractivity contribution in [1.29, 1.82) is 0 Å². The van der Waals surface area contributed by atoms with E-state index in [0.717, 1.165) is 0 Å². The third-order valence-corrected chi connectivity index (χ3v) is 4.88. The number of allylic oxidation sites excluding steroid dienone is 2. The van der Waals surface area contributed by atoms with Crippen LogP contribution < -0.4 is 10.5 Å². The molecule has 0 saturated carbocycles. The fraction of sp³-hybridized carbons (Fsp3) is 0.143. The van der Waals surface area contributed by atoms with E-state index in [0.29, 0.717) is 5.56 Å². The van der Waals surface area contributed by atoms with E-state index in [1.54, 1.807) is 36.4 Å². The average Bonchev–Trinajstić information content (AvgIpc) is 2.64. The summed E-state index contributed by atoms with van der Waals surface area (Å²) >= 11 is 0. The second kappa shape index (κ2) is 5.68. The predicted molar refractivity (Wildman–Crippen MR) is 96.4 cm³/mol. The molecule has 5 nitrogen and oxygen atoms in total. The summed E-state index contributed by atoms with van der Waals surface area (Å²) in [6, 6.07) is 9.37. The highest BCUT2D eigenvalue weighted by atomic mass is 16.5. The van der Waals surface area contributed by atoms with Crippen LogP contribution in [0.4, 0.5) is 0 Å². The van der Waals surface area contributed by atoms with Gasteiger partial charge in [0.1, 0.15) is 11.5 Å². The highest BCUT2D eigenvalue weighted by molar-refractivity contribution is 6.30. The highest BCUT2D eigenvalue weighted by Crippen LogP contribution is 2.39. The molecule has 5 heteroatoms. The summed E-state index contributed by atoms with van der Waals surface area (Å²) in [6.45, 7) is 1.90. The van der Waals surface area contributed by atoms with E-state index in [9.17, 15) is 14.7 Å². The van der Waals surface area contributed by atoms with Gasteiger partial charge in [0.25, 0.3) is 0 Å². The lowest BCUT2D eigenvalue weighted by Gasteiger charge is -2.34. The topological polar surface area (TPSA) is 89.6 Å². The minimum atomic E-state index is -1.15. The van der Waals surface area contributed by atoms with Gasteiger partial charge in [-0.05, 0) is 18.2 Å². The number of hydrogen-bond donors (Lipinski definition) is 2. The molecule has 26 heavy (non-hydrogen) atoms. The number of phenolic OH excluding ortho intramolecular Hbond substituents is 1. The lowest BCUT2D eigenvalue weighted by Crippen LogP contribution is -2.50. The van der Waals surface area contributed by atoms with Crippen LogP contribution in [0.25, 0.3) is 0 Å². The Morgan fingerprint density at radius 1 is 1.00 bits per heavy atom. The Morgan fingerprint density at radius 3 is 2.31 bits per heavy atom. The molecule has 0 fully saturated rings. The predicted octanol–water partition coefficient (Wildman–Crippen LogP) is 2.96. The molecule has 0 aliphatic heterocycles. The Hall–Kier alpha value is -3.18. The summed E-state index contributed by atoms with van der Waals surface area (Å²) < 4.78 is 6.00. The van der Waals surface area contributed by atoms with Crippen molar-refractivity contribution in [3.05, 3.63) is 83.0 Å². The second-order valence-corrected chi connectivity index (χ2v) is 6.52. The summed E-state index contributed by atoms with van der Waals surface area (Å²) in [6.07, 6.45) is 7.25. The smallest absolute Gasteiger partial charge is 0.198 e. The maximum absolute atomic E-state index is 13.0. The number of nitrogens with two attached hydrogens (primary N) is 1. The maximum atomic E-state index is 13.0. The summed E-state index contributed by atoms with van der Waals surface area (Å²) in [5.41, 5.74) is 5.78. The van der Waals surface area contributed by atoms with Crippen LogP contribution >= 0.6 is 0 Å². The van der Waals surface area contributed by atoms with Crippen molar-refractivity contribution in [2.45, 2.75) is 12.6 Å². The Balaban J connectivity index is 1.88. The lowest BCUT2D eigenvalue weighted by molar-refractivity contribution is 0.0829. The summed E-state index contributed by atoms with van der Waals surface area (Å²) in [7, 11) is 0. The van der Waals surface area contributed by atoms with Crippen molar-refractivity contribution >= 4 is 11.6 Å². The standard InChI is InChI=1S/C21H17NO4/c1-12-6-4-5-11-21(12,22)26-16-10-9-15(23)17-18(16)20(25)14-8-3-2-7-13(14)19(17)24/h2-12,23H,22H2,1H3. The van der Waals surface area contributed by atoms with Gasteiger partial charge in [0.2, 0.25) is 0 Å². The molecule has 0 radical (unpaired) electrons. The fourth-order valence-corrected chi connectivity index (χ4v) is 3.32. The average molecular weight is 347 g/mol. The summed E-state index contributed by atoms with van der Waals surface area (Å²) in [4.78, 5) is 25.9. The van der Waals surface area contributed by atoms with Gasteiger partial charge in [-0.1, -0.05) is 49.4 Å². The normalized spacial score (nSPS) is 23.5. The quantitative estimate of drug-likeness (QED) is 0.696. The van der Waals surface area contributed by atoms with E-state index in [4.69, 9.17) is 10.5 Å². The molecule has 2 aliphatic rings. The van der Waals surface area contributed by atoms with Crippen molar-refractivity contribution in [3.63, 3.8) is 0 Å². The molecule has 0 aromatic heterocycles. The van der Waals surface area contributed by atoms with Gasteiger partial charge < -0.3 is 9.84 Å². The van der Waals surface area contributed by atoms with Crippen molar-refractivity contribution < 1.29 is 19.4 Å². The monoisotopic (exact) mass is 347 g/mol. The third kappa shape index (κ3) is 2.29. The first-order chi connectivity index (χ1) is 12.4. The van der Waals surface area contributed by atoms with Gasteiger partial charge in [0.15, 0.2) is 17.3 Å². The number of phenols is 1. The molecule has 3 N–H and O–H groups in total. The Bertz CT molecular complexity index is 1010. The minimum absolute atomic E-state index is 0.0437. The van der Waals surface area contributed by atoms with Crippen molar-refractivity contribution in [2.24, 2.45) is 11.7 Å². The summed E-state index contributed by atoms with van der Waals surface area (Å²) in [5, 5.41) is 10.2. The van der Waals surface area contributed by atoms with Gasteiger partial charge in [0.05, 0.1) is 11.1 Å². The maximum Gasteiger partial charge on any atom is 0.198 e. The number of aromatic hydroxyl groups is 1. The van der Waals surface area contributed by atoms with E-state index >= 15 is 0 Å². The van der Waals surface area contributed by atoms with Crippen LogP contribution in [0, 0.1) is 5.92 Å². The van der Waals surface area contributed by atoms with E-state index in [2.05, 4.69) is 0 Å². The first kappa shape index (κ1) is 16.3. The molecular formula is C21H17NO4. The first-order valence-corrected chi connectivity index (χ1v) is 8.30. The van der Waals surface area contributed by atoms with Crippen LogP contribution in [-0.2, 0) is 0 Å². The van der Waals surface area contributed by atoms with Crippen LogP contribution in [0.5, 0.6) is 11.5 Å². The van der Waals surface area contributed by atoms with Gasteiger partial charge in [-0.2, -0.15) is 0 Å². The van der Waals surface area contributed by atoms with Crippen LogP contribution in [0.3, 0.4) is 0 Å². The molecule has 130 valence electrons. The zero-order valence-corrected chi connectivity index (χ0v) is 14.1. The summed E-state index contributed by atoms with van der Waals surface area (Å²) in [5.74, 6) is -0.985. The molecule has 0 saturated heterocycles. The number of rotatable bonds is 2. The number of carbonyl (C=O) groups excluding carboxylic acids is 2. The van der Waals surface area contributed by atoms with Crippen LogP contribution in [0.15, 0.2) is 60.7 Å². The van der Waals surface area contributed by atoms with E-state index < -0.39 is 11.5 Å². The molecule has 4 rings (SSSR count). The molecule has 0 amide bonds. The number of ether oxygens (including phenoxy) is 1. The van der Waals surface area contributed by atoms with Crippen LogP contribution in [0.1, 0.15) is 38.8 Å². The van der Waals surface area contributed by atoms with E-state index in [-0.39, 0.29) is 39.9 Å².